The molecule has 0 aliphatic heterocycles. The molecule has 0 bridgehead atoms. The van der Waals surface area contributed by atoms with Crippen molar-refractivity contribution >= 4 is 17.5 Å². The van der Waals surface area contributed by atoms with Gasteiger partial charge in [0.15, 0.2) is 5.69 Å². The molecule has 0 fully saturated rings. The Morgan fingerprint density at radius 3 is 2.44 bits per heavy atom. The molecule has 27 heavy (non-hydrogen) atoms. The zero-order valence-electron chi connectivity index (χ0n) is 14.4. The van der Waals surface area contributed by atoms with Crippen LogP contribution in [0.2, 0.25) is 5.02 Å². The number of halogens is 1. The van der Waals surface area contributed by atoms with Crippen molar-refractivity contribution in [1.29, 1.82) is 10.5 Å². The summed E-state index contributed by atoms with van der Waals surface area (Å²) < 4.78 is 1.72. The standard InChI is InChI=1S/C20H14ClN5O/c1-12-19(15-6-7-16(9-22)17(21)8-15)18(10-23)25-26(12)11-13-2-4-14(5-3-13)20(24)27/h2-8H,11H2,1H3,(H2,24,27). The molecular weight excluding hydrogens is 362 g/mol. The molecule has 0 saturated carbocycles. The number of hydrogen-bond donors (Lipinski definition) is 1. The minimum absolute atomic E-state index is 0.280. The summed E-state index contributed by atoms with van der Waals surface area (Å²) >= 11 is 6.13. The predicted molar refractivity (Wildman–Crippen MR) is 101 cm³/mol. The molecule has 132 valence electrons. The molecule has 2 aromatic carbocycles. The van der Waals surface area contributed by atoms with Crippen LogP contribution in [0.5, 0.6) is 0 Å². The van der Waals surface area contributed by atoms with Crippen molar-refractivity contribution in [3.8, 4) is 23.3 Å². The number of nitrogens with zero attached hydrogens (tertiary/aromatic N) is 4. The van der Waals surface area contributed by atoms with Crippen molar-refractivity contribution < 1.29 is 4.79 Å². The van der Waals surface area contributed by atoms with Gasteiger partial charge in [0.05, 0.1) is 17.1 Å². The second-order valence-electron chi connectivity index (χ2n) is 5.95. The number of primary amides is 1. The van der Waals surface area contributed by atoms with Crippen LogP contribution < -0.4 is 5.73 Å². The van der Waals surface area contributed by atoms with Gasteiger partial charge in [0.25, 0.3) is 0 Å². The maximum absolute atomic E-state index is 11.2. The number of carbonyl (C=O) groups excluding carboxylic acids is 1. The maximum Gasteiger partial charge on any atom is 0.248 e. The zero-order valence-corrected chi connectivity index (χ0v) is 15.2. The lowest BCUT2D eigenvalue weighted by molar-refractivity contribution is 0.100. The van der Waals surface area contributed by atoms with Gasteiger partial charge in [-0.15, -0.1) is 0 Å². The van der Waals surface area contributed by atoms with Crippen LogP contribution in [0.25, 0.3) is 11.1 Å². The first-order chi connectivity index (χ1) is 12.9. The van der Waals surface area contributed by atoms with Crippen molar-refractivity contribution in [1.82, 2.24) is 9.78 Å². The highest BCUT2D eigenvalue weighted by atomic mass is 35.5. The molecule has 0 saturated heterocycles. The van der Waals surface area contributed by atoms with Gasteiger partial charge >= 0.3 is 0 Å². The van der Waals surface area contributed by atoms with Gasteiger partial charge < -0.3 is 5.73 Å². The lowest BCUT2D eigenvalue weighted by Crippen LogP contribution is -2.11. The summed E-state index contributed by atoms with van der Waals surface area (Å²) in [6.07, 6.45) is 0. The highest BCUT2D eigenvalue weighted by Gasteiger charge is 2.17. The van der Waals surface area contributed by atoms with Gasteiger partial charge in [-0.25, -0.2) is 0 Å². The molecule has 2 N–H and O–H groups in total. The average molecular weight is 376 g/mol. The normalized spacial score (nSPS) is 10.2. The molecule has 7 heteroatoms. The van der Waals surface area contributed by atoms with Crippen LogP contribution in [0.1, 0.15) is 32.9 Å². The van der Waals surface area contributed by atoms with Crippen LogP contribution in [0.4, 0.5) is 0 Å². The van der Waals surface area contributed by atoms with E-state index >= 15 is 0 Å². The summed E-state index contributed by atoms with van der Waals surface area (Å²) in [5.74, 6) is -0.483. The largest absolute Gasteiger partial charge is 0.366 e. The third-order valence-electron chi connectivity index (χ3n) is 4.26. The zero-order chi connectivity index (χ0) is 19.6. The molecule has 0 spiro atoms. The number of nitrogens with two attached hydrogens (primary N) is 1. The van der Waals surface area contributed by atoms with Crippen molar-refractivity contribution in [2.24, 2.45) is 5.73 Å². The van der Waals surface area contributed by atoms with Crippen LogP contribution in [0.15, 0.2) is 42.5 Å². The van der Waals surface area contributed by atoms with Gasteiger partial charge in [-0.2, -0.15) is 15.6 Å². The van der Waals surface area contributed by atoms with Crippen molar-refractivity contribution in [2.75, 3.05) is 0 Å². The van der Waals surface area contributed by atoms with E-state index in [0.717, 1.165) is 16.8 Å². The van der Waals surface area contributed by atoms with E-state index in [1.54, 1.807) is 47.1 Å². The number of rotatable bonds is 4. The molecule has 1 heterocycles. The van der Waals surface area contributed by atoms with E-state index in [4.69, 9.17) is 22.6 Å². The highest BCUT2D eigenvalue weighted by molar-refractivity contribution is 6.32. The third kappa shape index (κ3) is 3.52. The lowest BCUT2D eigenvalue weighted by Gasteiger charge is -2.07. The molecule has 0 aliphatic carbocycles. The summed E-state index contributed by atoms with van der Waals surface area (Å²) in [6.45, 7) is 2.30. The van der Waals surface area contributed by atoms with Crippen LogP contribution in [0, 0.1) is 29.6 Å². The van der Waals surface area contributed by atoms with Gasteiger partial charge in [-0.05, 0) is 42.3 Å². The Hall–Kier alpha value is -3.61. The molecule has 3 rings (SSSR count). The van der Waals surface area contributed by atoms with Crippen LogP contribution in [-0.4, -0.2) is 15.7 Å². The number of amides is 1. The summed E-state index contributed by atoms with van der Waals surface area (Å²) in [4.78, 5) is 11.2. The number of carbonyl (C=O) groups is 1. The van der Waals surface area contributed by atoms with E-state index in [9.17, 15) is 10.1 Å². The smallest absolute Gasteiger partial charge is 0.248 e. The van der Waals surface area contributed by atoms with E-state index in [1.807, 2.05) is 13.0 Å². The first-order valence-corrected chi connectivity index (χ1v) is 8.38. The van der Waals surface area contributed by atoms with Gasteiger partial charge in [-0.3, -0.25) is 9.48 Å². The molecule has 0 aliphatic rings. The van der Waals surface area contributed by atoms with E-state index < -0.39 is 5.91 Å². The van der Waals surface area contributed by atoms with Gasteiger partial charge in [0.2, 0.25) is 5.91 Å². The molecule has 0 radical (unpaired) electrons. The van der Waals surface area contributed by atoms with Crippen molar-refractivity contribution in [2.45, 2.75) is 13.5 Å². The Bertz CT molecular complexity index is 1120. The third-order valence-corrected chi connectivity index (χ3v) is 4.57. The second kappa shape index (κ2) is 7.33. The second-order valence-corrected chi connectivity index (χ2v) is 6.35. The number of nitriles is 2. The van der Waals surface area contributed by atoms with Gasteiger partial charge in [0.1, 0.15) is 12.1 Å². The Morgan fingerprint density at radius 1 is 1.19 bits per heavy atom. The van der Waals surface area contributed by atoms with Gasteiger partial charge in [0, 0.05) is 16.8 Å². The minimum atomic E-state index is -0.483. The quantitative estimate of drug-likeness (QED) is 0.753. The molecule has 1 aromatic heterocycles. The summed E-state index contributed by atoms with van der Waals surface area (Å²) in [7, 11) is 0. The molecule has 0 atom stereocenters. The van der Waals surface area contributed by atoms with Gasteiger partial charge in [-0.1, -0.05) is 29.8 Å². The summed E-state index contributed by atoms with van der Waals surface area (Å²) in [6, 6.07) is 16.1. The molecule has 1 amide bonds. The van der Waals surface area contributed by atoms with Crippen molar-refractivity contribution in [3.63, 3.8) is 0 Å². The summed E-state index contributed by atoms with van der Waals surface area (Å²) in [5.41, 5.74) is 9.46. The molecule has 3 aromatic rings. The number of hydrogen-bond acceptors (Lipinski definition) is 4. The Balaban J connectivity index is 2.00. The fourth-order valence-electron chi connectivity index (χ4n) is 2.83. The topological polar surface area (TPSA) is 108 Å². The first-order valence-electron chi connectivity index (χ1n) is 8.01. The fraction of sp³-hybridized carbons (Fsp3) is 0.100. The van der Waals surface area contributed by atoms with Crippen molar-refractivity contribution in [3.05, 3.63) is 75.6 Å². The minimum Gasteiger partial charge on any atom is -0.366 e. The Kier molecular flexibility index (Phi) is 4.94. The summed E-state index contributed by atoms with van der Waals surface area (Å²) in [5, 5.41) is 23.2. The molecule has 0 unspecified atom stereocenters. The monoisotopic (exact) mass is 375 g/mol. The number of aromatic nitrogens is 2. The van der Waals surface area contributed by atoms with Crippen LogP contribution >= 0.6 is 11.6 Å². The Labute approximate surface area is 161 Å². The maximum atomic E-state index is 11.2. The first kappa shape index (κ1) is 18.2. The molecular formula is C20H14ClN5O. The van der Waals surface area contributed by atoms with E-state index in [0.29, 0.717) is 28.3 Å². The average Bonchev–Trinajstić information content (AvgIpc) is 2.97. The van der Waals surface area contributed by atoms with E-state index in [1.165, 1.54) is 0 Å². The molecule has 6 nitrogen and oxygen atoms in total. The highest BCUT2D eigenvalue weighted by Crippen LogP contribution is 2.30. The lowest BCUT2D eigenvalue weighted by atomic mass is 10.0. The van der Waals surface area contributed by atoms with Crippen LogP contribution in [0.3, 0.4) is 0 Å². The predicted octanol–water partition coefficient (Wildman–Crippen LogP) is 3.40. The van der Waals surface area contributed by atoms with E-state index in [2.05, 4.69) is 11.2 Å². The number of benzene rings is 2. The van der Waals surface area contributed by atoms with E-state index in [-0.39, 0.29) is 5.69 Å². The van der Waals surface area contributed by atoms with Crippen LogP contribution in [-0.2, 0) is 6.54 Å². The fourth-order valence-corrected chi connectivity index (χ4v) is 3.06. The SMILES string of the molecule is Cc1c(-c2ccc(C#N)c(Cl)c2)c(C#N)nn1Cc1ccc(C(N)=O)cc1. The Morgan fingerprint density at radius 2 is 1.89 bits per heavy atom.